The van der Waals surface area contributed by atoms with E-state index in [4.69, 9.17) is 4.74 Å². The van der Waals surface area contributed by atoms with Gasteiger partial charge in [0.1, 0.15) is 5.60 Å². The van der Waals surface area contributed by atoms with Crippen LogP contribution in [0.15, 0.2) is 0 Å². The van der Waals surface area contributed by atoms with Crippen molar-refractivity contribution in [1.29, 1.82) is 0 Å². The number of ether oxygens (including phenoxy) is 1. The number of hydrogen-bond donors (Lipinski definition) is 1. The van der Waals surface area contributed by atoms with Crippen LogP contribution in [0.2, 0.25) is 0 Å². The van der Waals surface area contributed by atoms with Gasteiger partial charge in [-0.1, -0.05) is 0 Å². The second-order valence-corrected chi connectivity index (χ2v) is 6.25. The number of carbonyl (C=O) groups excluding carboxylic acids is 1. The Morgan fingerprint density at radius 1 is 1.44 bits per heavy atom. The highest BCUT2D eigenvalue weighted by atomic mass is 16.6. The molecule has 1 fully saturated rings. The Hall–Kier alpha value is -0.770. The topological polar surface area (TPSA) is 41.6 Å². The van der Waals surface area contributed by atoms with Gasteiger partial charge in [0.05, 0.1) is 0 Å². The van der Waals surface area contributed by atoms with Crippen molar-refractivity contribution in [1.82, 2.24) is 10.2 Å². The molecule has 1 aliphatic rings. The van der Waals surface area contributed by atoms with E-state index in [1.165, 1.54) is 6.42 Å². The lowest BCUT2D eigenvalue weighted by atomic mass is 9.97. The van der Waals surface area contributed by atoms with Crippen LogP contribution in [0.5, 0.6) is 0 Å². The lowest BCUT2D eigenvalue weighted by Gasteiger charge is -2.37. The molecule has 0 aromatic carbocycles. The smallest absolute Gasteiger partial charge is 0.410 e. The fraction of sp³-hybridized carbons (Fsp3) is 0.929. The fourth-order valence-electron chi connectivity index (χ4n) is 2.33. The van der Waals surface area contributed by atoms with E-state index < -0.39 is 5.60 Å². The number of amides is 1. The summed E-state index contributed by atoms with van der Waals surface area (Å²) in [4.78, 5) is 14.1. The molecule has 1 N–H and O–H groups in total. The predicted octanol–water partition coefficient (Wildman–Crippen LogP) is 2.77. The Morgan fingerprint density at radius 3 is 2.67 bits per heavy atom. The third kappa shape index (κ3) is 4.84. The van der Waals surface area contributed by atoms with Crippen molar-refractivity contribution < 1.29 is 9.53 Å². The number of piperidine rings is 1. The maximum absolute atomic E-state index is 12.2. The first-order chi connectivity index (χ1) is 8.33. The standard InChI is InChI=1S/C14H28N2O2/c1-11(15-5)10-12-8-6-7-9-16(12)13(17)18-14(2,3)4/h11-12,15H,6-10H2,1-5H3. The predicted molar refractivity (Wildman–Crippen MR) is 73.7 cm³/mol. The van der Waals surface area contributed by atoms with Crippen LogP contribution >= 0.6 is 0 Å². The highest BCUT2D eigenvalue weighted by Gasteiger charge is 2.30. The van der Waals surface area contributed by atoms with Crippen LogP contribution in [-0.2, 0) is 4.74 Å². The number of nitrogens with zero attached hydrogens (tertiary/aromatic N) is 1. The molecule has 0 aromatic rings. The summed E-state index contributed by atoms with van der Waals surface area (Å²) in [6.45, 7) is 8.73. The second-order valence-electron chi connectivity index (χ2n) is 6.25. The minimum atomic E-state index is -0.409. The Kier molecular flexibility index (Phi) is 5.45. The zero-order valence-corrected chi connectivity index (χ0v) is 12.5. The fourth-order valence-corrected chi connectivity index (χ4v) is 2.33. The lowest BCUT2D eigenvalue weighted by Crippen LogP contribution is -2.48. The van der Waals surface area contributed by atoms with Gasteiger partial charge in [-0.3, -0.25) is 0 Å². The lowest BCUT2D eigenvalue weighted by molar-refractivity contribution is 0.00799. The first-order valence-corrected chi connectivity index (χ1v) is 7.00. The van der Waals surface area contributed by atoms with Gasteiger partial charge < -0.3 is 15.0 Å². The molecule has 0 bridgehead atoms. The Bertz CT molecular complexity index is 273. The van der Waals surface area contributed by atoms with Crippen LogP contribution in [-0.4, -0.2) is 42.3 Å². The van der Waals surface area contributed by atoms with Crippen molar-refractivity contribution in [3.63, 3.8) is 0 Å². The zero-order valence-electron chi connectivity index (χ0n) is 12.5. The van der Waals surface area contributed by atoms with Crippen LogP contribution in [0.4, 0.5) is 4.79 Å². The molecule has 1 heterocycles. The van der Waals surface area contributed by atoms with Gasteiger partial charge in [0, 0.05) is 18.6 Å². The maximum atomic E-state index is 12.2. The summed E-state index contributed by atoms with van der Waals surface area (Å²) in [6, 6.07) is 0.745. The van der Waals surface area contributed by atoms with Crippen molar-refractivity contribution in [2.24, 2.45) is 0 Å². The van der Waals surface area contributed by atoms with Crippen molar-refractivity contribution in [3.8, 4) is 0 Å². The van der Waals surface area contributed by atoms with Crippen LogP contribution in [0.1, 0.15) is 53.4 Å². The highest BCUT2D eigenvalue weighted by molar-refractivity contribution is 5.68. The molecule has 0 aliphatic carbocycles. The Balaban J connectivity index is 2.61. The first-order valence-electron chi connectivity index (χ1n) is 7.00. The average molecular weight is 256 g/mol. The molecule has 4 nitrogen and oxygen atoms in total. The van der Waals surface area contributed by atoms with Gasteiger partial charge in [-0.15, -0.1) is 0 Å². The number of likely N-dealkylation sites (tertiary alicyclic amines) is 1. The summed E-state index contributed by atoms with van der Waals surface area (Å²) in [6.07, 6.45) is 4.22. The number of rotatable bonds is 3. The second kappa shape index (κ2) is 6.41. The summed E-state index contributed by atoms with van der Waals surface area (Å²) in [5, 5.41) is 3.24. The first kappa shape index (κ1) is 15.3. The van der Waals surface area contributed by atoms with Crippen molar-refractivity contribution >= 4 is 6.09 Å². The third-order valence-corrected chi connectivity index (χ3v) is 3.37. The molecule has 2 unspecified atom stereocenters. The molecule has 4 heteroatoms. The molecule has 1 amide bonds. The van der Waals surface area contributed by atoms with Crippen LogP contribution in [0.3, 0.4) is 0 Å². The third-order valence-electron chi connectivity index (χ3n) is 3.37. The van der Waals surface area contributed by atoms with Gasteiger partial charge in [-0.25, -0.2) is 4.79 Å². The normalized spacial score (nSPS) is 22.7. The molecule has 0 saturated carbocycles. The number of carbonyl (C=O) groups is 1. The molecule has 2 atom stereocenters. The molecule has 0 spiro atoms. The van der Waals surface area contributed by atoms with E-state index in [9.17, 15) is 4.79 Å². The monoisotopic (exact) mass is 256 g/mol. The number of nitrogens with one attached hydrogen (secondary N) is 1. The molecular weight excluding hydrogens is 228 g/mol. The minimum Gasteiger partial charge on any atom is -0.444 e. The van der Waals surface area contributed by atoms with Crippen molar-refractivity contribution in [2.45, 2.75) is 71.1 Å². The molecule has 106 valence electrons. The van der Waals surface area contributed by atoms with Crippen LogP contribution in [0.25, 0.3) is 0 Å². The Labute approximate surface area is 111 Å². The summed E-state index contributed by atoms with van der Waals surface area (Å²) in [5.41, 5.74) is -0.409. The zero-order chi connectivity index (χ0) is 13.8. The van der Waals surface area contributed by atoms with Crippen LogP contribution in [0, 0.1) is 0 Å². The molecule has 1 rings (SSSR count). The van der Waals surface area contributed by atoms with Gasteiger partial charge in [0.2, 0.25) is 0 Å². The summed E-state index contributed by atoms with van der Waals surface area (Å²) >= 11 is 0. The summed E-state index contributed by atoms with van der Waals surface area (Å²) < 4.78 is 5.49. The average Bonchev–Trinajstić information content (AvgIpc) is 2.27. The van der Waals surface area contributed by atoms with Gasteiger partial charge in [0.15, 0.2) is 0 Å². The Morgan fingerprint density at radius 2 is 2.11 bits per heavy atom. The van der Waals surface area contributed by atoms with E-state index in [1.54, 1.807) is 0 Å². The van der Waals surface area contributed by atoms with E-state index >= 15 is 0 Å². The molecule has 1 aliphatic heterocycles. The van der Waals surface area contributed by atoms with Gasteiger partial charge >= 0.3 is 6.09 Å². The SMILES string of the molecule is CNC(C)CC1CCCCN1C(=O)OC(C)(C)C. The summed E-state index contributed by atoms with van der Waals surface area (Å²) in [7, 11) is 1.96. The quantitative estimate of drug-likeness (QED) is 0.844. The van der Waals surface area contributed by atoms with E-state index in [2.05, 4.69) is 12.2 Å². The molecular formula is C14H28N2O2. The van der Waals surface area contributed by atoms with E-state index in [1.807, 2.05) is 32.7 Å². The van der Waals surface area contributed by atoms with Gasteiger partial charge in [-0.2, -0.15) is 0 Å². The van der Waals surface area contributed by atoms with Crippen molar-refractivity contribution in [3.05, 3.63) is 0 Å². The van der Waals surface area contributed by atoms with E-state index in [0.29, 0.717) is 12.1 Å². The minimum absolute atomic E-state index is 0.157. The number of hydrogen-bond acceptors (Lipinski definition) is 3. The van der Waals surface area contributed by atoms with E-state index in [0.717, 1.165) is 25.8 Å². The van der Waals surface area contributed by atoms with Crippen molar-refractivity contribution in [2.75, 3.05) is 13.6 Å². The molecule has 0 aromatic heterocycles. The van der Waals surface area contributed by atoms with Crippen LogP contribution < -0.4 is 5.32 Å². The van der Waals surface area contributed by atoms with Gasteiger partial charge in [0.25, 0.3) is 0 Å². The molecule has 18 heavy (non-hydrogen) atoms. The molecule has 1 saturated heterocycles. The summed E-state index contributed by atoms with van der Waals surface area (Å²) in [5.74, 6) is 0. The molecule has 0 radical (unpaired) electrons. The maximum Gasteiger partial charge on any atom is 0.410 e. The van der Waals surface area contributed by atoms with Gasteiger partial charge in [-0.05, 0) is 60.4 Å². The largest absolute Gasteiger partial charge is 0.444 e. The van der Waals surface area contributed by atoms with E-state index in [-0.39, 0.29) is 6.09 Å². The highest BCUT2D eigenvalue weighted by Crippen LogP contribution is 2.23.